The Morgan fingerprint density at radius 2 is 0.324 bits per heavy atom. The molecule has 29 heteroatoms. The molecule has 0 rings (SSSR count). The lowest BCUT2D eigenvalue weighted by Gasteiger charge is -2.24. The van der Waals surface area contributed by atoms with Crippen LogP contribution in [0.1, 0.15) is 96.9 Å². The molecule has 29 nitrogen and oxygen atoms in total. The fourth-order valence-corrected chi connectivity index (χ4v) is 5.25. The number of amides is 13. The van der Waals surface area contributed by atoms with Crippen molar-refractivity contribution >= 4 is 82.8 Å². The van der Waals surface area contributed by atoms with Crippen LogP contribution in [0.3, 0.4) is 0 Å². The lowest BCUT2D eigenvalue weighted by Crippen LogP contribution is -2.58. The van der Waals surface area contributed by atoms with Gasteiger partial charge in [0.15, 0.2) is 0 Å². The fourth-order valence-electron chi connectivity index (χ4n) is 5.25. The Kier molecular flexibility index (Phi) is 26.4. The zero-order valence-corrected chi connectivity index (χ0v) is 42.3. The first-order chi connectivity index (χ1) is 32.6. The van der Waals surface area contributed by atoms with E-state index in [1.54, 1.807) is 0 Å². The lowest BCUT2D eigenvalue weighted by molar-refractivity contribution is -0.141. The van der Waals surface area contributed by atoms with Crippen molar-refractivity contribution < 1.29 is 72.2 Å². The second kappa shape index (κ2) is 29.5. The number of hydrogen-bond acceptors (Lipinski definition) is 15. The normalized spacial score (nSPS) is 16.7. The van der Waals surface area contributed by atoms with E-state index in [0.717, 1.165) is 0 Å². The standard InChI is InChI=1S/C42H72N14O15/c1-15(43)29(57)44-16(2)30(58)45-17(3)31(59)46-18(4)32(60)47-19(5)33(61)48-20(6)34(62)49-21(7)35(63)50-22(8)36(64)51-23(9)37(65)52-24(10)38(66)53-25(11)39(67)54-26(12)40(68)55-27(13)41(69)56-28(14)42(70)71/h15-28H,43H2,1-14H3,(H,44,57)(H,45,58)(H,46,59)(H,47,60)(H,48,61)(H,49,62)(H,50,63)(H,51,64)(H,52,65)(H,53,66)(H,54,67)(H,55,68)(H,56,69)(H,70,71)/t15-,16-,17-,18-,19-,20-,21-,22-,23-,24-,25-,26-,27-,28-/m0/s1. The summed E-state index contributed by atoms with van der Waals surface area (Å²) in [4.78, 5) is 175. The SMILES string of the molecule is C[C@H](N)C(=O)N[C@@H](C)C(=O)N[C@@H](C)C(=O)N[C@@H](C)C(=O)N[C@@H](C)C(=O)N[C@@H](C)C(=O)N[C@@H](C)C(=O)N[C@@H](C)C(=O)N[C@@H](C)C(=O)N[C@@H](C)C(=O)N[C@@H](C)C(=O)N[C@@H](C)C(=O)N[C@@H](C)C(=O)N[C@@H](C)C(=O)O. The largest absolute Gasteiger partial charge is 0.480 e. The molecule has 0 aromatic heterocycles. The molecule has 0 aliphatic heterocycles. The molecule has 400 valence electrons. The molecule has 0 aromatic carbocycles. The van der Waals surface area contributed by atoms with Crippen LogP contribution in [-0.4, -0.2) is 172 Å². The minimum Gasteiger partial charge on any atom is -0.480 e. The van der Waals surface area contributed by atoms with Crippen molar-refractivity contribution in [2.24, 2.45) is 5.73 Å². The van der Waals surface area contributed by atoms with Crippen LogP contribution in [0.15, 0.2) is 0 Å². The molecule has 13 amide bonds. The van der Waals surface area contributed by atoms with Gasteiger partial charge in [0, 0.05) is 0 Å². The summed E-state index contributed by atoms with van der Waals surface area (Å²) < 4.78 is 0. The van der Waals surface area contributed by atoms with E-state index in [9.17, 15) is 67.1 Å². The quantitative estimate of drug-likeness (QED) is 0.0364. The van der Waals surface area contributed by atoms with Crippen molar-refractivity contribution in [3.05, 3.63) is 0 Å². The minimum atomic E-state index is -1.28. The number of nitrogens with two attached hydrogens (primary N) is 1. The Morgan fingerprint density at radius 3 is 0.423 bits per heavy atom. The van der Waals surface area contributed by atoms with Gasteiger partial charge in [0.1, 0.15) is 78.5 Å². The molecule has 0 aliphatic rings. The van der Waals surface area contributed by atoms with Crippen molar-refractivity contribution in [1.82, 2.24) is 69.1 Å². The predicted octanol–water partition coefficient (Wildman–Crippen LogP) is -7.02. The maximum atomic E-state index is 12.9. The molecule has 0 spiro atoms. The summed E-state index contributed by atoms with van der Waals surface area (Å²) in [5, 5.41) is 39.6. The monoisotopic (exact) mass is 1010 g/mol. The molecule has 0 aliphatic carbocycles. The first-order valence-corrected chi connectivity index (χ1v) is 22.5. The van der Waals surface area contributed by atoms with Crippen LogP contribution in [0.2, 0.25) is 0 Å². The summed E-state index contributed by atoms with van der Waals surface area (Å²) in [6.45, 7) is 18.4. The molecule has 16 N–H and O–H groups in total. The summed E-state index contributed by atoms with van der Waals surface area (Å²) in [7, 11) is 0. The van der Waals surface area contributed by atoms with E-state index in [2.05, 4.69) is 69.1 Å². The van der Waals surface area contributed by atoms with Crippen LogP contribution < -0.4 is 74.9 Å². The van der Waals surface area contributed by atoms with Crippen LogP contribution >= 0.6 is 0 Å². The second-order valence-corrected chi connectivity index (χ2v) is 17.1. The molecule has 0 saturated carbocycles. The van der Waals surface area contributed by atoms with Crippen molar-refractivity contribution in [3.8, 4) is 0 Å². The van der Waals surface area contributed by atoms with Gasteiger partial charge in [-0.25, -0.2) is 0 Å². The highest BCUT2D eigenvalue weighted by molar-refractivity contribution is 5.99. The van der Waals surface area contributed by atoms with E-state index < -0.39 is 167 Å². The van der Waals surface area contributed by atoms with Crippen molar-refractivity contribution in [2.75, 3.05) is 0 Å². The molecule has 0 saturated heterocycles. The number of carboxylic acids is 1. The highest BCUT2D eigenvalue weighted by Gasteiger charge is 2.31. The first-order valence-electron chi connectivity index (χ1n) is 22.5. The number of aliphatic carboxylic acids is 1. The zero-order chi connectivity index (χ0) is 55.4. The average Bonchev–Trinajstić information content (AvgIpc) is 3.27. The topological polar surface area (TPSA) is 442 Å². The van der Waals surface area contributed by atoms with Gasteiger partial charge >= 0.3 is 5.97 Å². The van der Waals surface area contributed by atoms with Gasteiger partial charge in [-0.3, -0.25) is 67.1 Å². The zero-order valence-electron chi connectivity index (χ0n) is 42.3. The lowest BCUT2D eigenvalue weighted by atomic mass is 10.2. The number of carbonyl (C=O) groups excluding carboxylic acids is 13. The number of carboxylic acid groups (broad SMARTS) is 1. The molecular weight excluding hydrogens is 941 g/mol. The Bertz CT molecular complexity index is 2020. The van der Waals surface area contributed by atoms with E-state index in [4.69, 9.17) is 10.8 Å². The maximum Gasteiger partial charge on any atom is 0.325 e. The molecule has 0 heterocycles. The van der Waals surface area contributed by atoms with Gasteiger partial charge in [-0.15, -0.1) is 0 Å². The third kappa shape index (κ3) is 22.7. The predicted molar refractivity (Wildman–Crippen MR) is 250 cm³/mol. The van der Waals surface area contributed by atoms with E-state index in [1.807, 2.05) is 0 Å². The molecule has 0 bridgehead atoms. The molecular formula is C42H72N14O15. The Labute approximate surface area is 410 Å². The van der Waals surface area contributed by atoms with E-state index in [1.165, 1.54) is 96.9 Å². The summed E-state index contributed by atoms with van der Waals surface area (Å²) >= 11 is 0. The summed E-state index contributed by atoms with van der Waals surface area (Å²) in [5.41, 5.74) is 5.47. The van der Waals surface area contributed by atoms with Crippen LogP contribution in [-0.2, 0) is 67.1 Å². The van der Waals surface area contributed by atoms with Gasteiger partial charge < -0.3 is 80.0 Å². The van der Waals surface area contributed by atoms with E-state index >= 15 is 0 Å². The minimum absolute atomic E-state index is 0.579. The molecule has 0 fully saturated rings. The summed E-state index contributed by atoms with van der Waals surface area (Å²) in [6.07, 6.45) is 0. The molecule has 71 heavy (non-hydrogen) atoms. The molecule has 14 atom stereocenters. The van der Waals surface area contributed by atoms with Crippen molar-refractivity contribution in [1.29, 1.82) is 0 Å². The van der Waals surface area contributed by atoms with E-state index in [-0.39, 0.29) is 0 Å². The van der Waals surface area contributed by atoms with Crippen molar-refractivity contribution in [3.63, 3.8) is 0 Å². The average molecular weight is 1010 g/mol. The van der Waals surface area contributed by atoms with Gasteiger partial charge in [0.2, 0.25) is 76.8 Å². The highest BCUT2D eigenvalue weighted by Crippen LogP contribution is 1.98. The Balaban J connectivity index is 4.95. The maximum absolute atomic E-state index is 12.9. The van der Waals surface area contributed by atoms with E-state index in [0.29, 0.717) is 0 Å². The molecule has 0 radical (unpaired) electrons. The van der Waals surface area contributed by atoms with Crippen LogP contribution in [0.25, 0.3) is 0 Å². The third-order valence-electron chi connectivity index (χ3n) is 10.2. The first kappa shape index (κ1) is 63.5. The van der Waals surface area contributed by atoms with Gasteiger partial charge in [-0.05, 0) is 96.9 Å². The van der Waals surface area contributed by atoms with Crippen molar-refractivity contribution in [2.45, 2.75) is 182 Å². The Morgan fingerprint density at radius 1 is 0.225 bits per heavy atom. The van der Waals surface area contributed by atoms with Crippen LogP contribution in [0.5, 0.6) is 0 Å². The smallest absolute Gasteiger partial charge is 0.325 e. The Hall–Kier alpha value is -7.46. The second-order valence-electron chi connectivity index (χ2n) is 17.1. The molecule has 0 aromatic rings. The van der Waals surface area contributed by atoms with Gasteiger partial charge in [-0.2, -0.15) is 0 Å². The fraction of sp³-hybridized carbons (Fsp3) is 0.667. The van der Waals surface area contributed by atoms with Gasteiger partial charge in [0.05, 0.1) is 6.04 Å². The summed E-state index contributed by atoms with van der Waals surface area (Å²) in [6, 6.07) is -16.4. The summed E-state index contributed by atoms with van der Waals surface area (Å²) in [5.74, 6) is -11.4. The van der Waals surface area contributed by atoms with Gasteiger partial charge in [0.25, 0.3) is 0 Å². The number of nitrogens with one attached hydrogen (secondary N) is 13. The number of hydrogen-bond donors (Lipinski definition) is 15. The van der Waals surface area contributed by atoms with Gasteiger partial charge in [-0.1, -0.05) is 0 Å². The third-order valence-corrected chi connectivity index (χ3v) is 10.2. The van der Waals surface area contributed by atoms with Crippen LogP contribution in [0, 0.1) is 0 Å². The number of carbonyl (C=O) groups is 14. The van der Waals surface area contributed by atoms with Crippen LogP contribution in [0.4, 0.5) is 0 Å². The number of rotatable bonds is 27. The highest BCUT2D eigenvalue weighted by atomic mass is 16.4. The molecule has 0 unspecified atom stereocenters.